The van der Waals surface area contributed by atoms with Crippen LogP contribution in [-0.2, 0) is 19.3 Å². The molecule has 0 spiro atoms. The largest absolute Gasteiger partial charge is 0.0651 e. The molecule has 1 atom stereocenters. The highest BCUT2D eigenvalue weighted by molar-refractivity contribution is 5.43. The van der Waals surface area contributed by atoms with Gasteiger partial charge in [-0.3, -0.25) is 0 Å². The lowest BCUT2D eigenvalue weighted by Gasteiger charge is -2.23. The van der Waals surface area contributed by atoms with Crippen LogP contribution in [0.25, 0.3) is 0 Å². The first-order valence-corrected chi connectivity index (χ1v) is 8.65. The Balaban J connectivity index is 3.32. The van der Waals surface area contributed by atoms with Crippen molar-refractivity contribution in [2.45, 2.75) is 85.5 Å². The van der Waals surface area contributed by atoms with Crippen LogP contribution in [0, 0.1) is 6.42 Å². The molecule has 0 N–H and O–H groups in total. The third-order valence-corrected chi connectivity index (χ3v) is 4.20. The Hall–Kier alpha value is -0.780. The van der Waals surface area contributed by atoms with Crippen LogP contribution in [0.2, 0.25) is 0 Å². The van der Waals surface area contributed by atoms with Gasteiger partial charge in [-0.25, -0.2) is 0 Å². The quantitative estimate of drug-likeness (QED) is 0.498. The average molecular weight is 273 g/mol. The van der Waals surface area contributed by atoms with Crippen molar-refractivity contribution >= 4 is 0 Å². The van der Waals surface area contributed by atoms with Gasteiger partial charge >= 0.3 is 0 Å². The molecule has 0 fully saturated rings. The summed E-state index contributed by atoms with van der Waals surface area (Å²) in [6.07, 6.45) is 11.0. The van der Waals surface area contributed by atoms with Crippen molar-refractivity contribution in [2.75, 3.05) is 0 Å². The van der Waals surface area contributed by atoms with Crippen LogP contribution in [0.1, 0.15) is 88.5 Å². The molecular weight excluding hydrogens is 240 g/mol. The lowest BCUT2D eigenvalue weighted by atomic mass is 9.82. The average Bonchev–Trinajstić information content (AvgIpc) is 2.43. The van der Waals surface area contributed by atoms with Gasteiger partial charge in [-0.15, -0.1) is 0 Å². The summed E-state index contributed by atoms with van der Waals surface area (Å²) in [7, 11) is 0. The number of rotatable bonds is 9. The molecule has 0 aromatic heterocycles. The molecule has 0 heterocycles. The predicted octanol–water partition coefficient (Wildman–Crippen LogP) is 6.26. The summed E-state index contributed by atoms with van der Waals surface area (Å²) in [6, 6.07) is 4.99. The zero-order valence-electron chi connectivity index (χ0n) is 14.3. The number of hydrogen-bond donors (Lipinski definition) is 0. The third kappa shape index (κ3) is 4.36. The van der Waals surface area contributed by atoms with Gasteiger partial charge in [0.2, 0.25) is 0 Å². The van der Waals surface area contributed by atoms with Crippen molar-refractivity contribution in [1.82, 2.24) is 0 Å². The first kappa shape index (κ1) is 17.3. The summed E-state index contributed by atoms with van der Waals surface area (Å²) in [5, 5.41) is 0. The lowest BCUT2D eigenvalue weighted by molar-refractivity contribution is 0.717. The number of benzene rings is 1. The molecule has 0 saturated heterocycles. The molecule has 0 aliphatic carbocycles. The second-order valence-corrected chi connectivity index (χ2v) is 5.93. The second-order valence-electron chi connectivity index (χ2n) is 5.93. The van der Waals surface area contributed by atoms with Gasteiger partial charge < -0.3 is 0 Å². The zero-order valence-corrected chi connectivity index (χ0v) is 14.3. The molecule has 1 aromatic carbocycles. The minimum Gasteiger partial charge on any atom is -0.0651 e. The second kappa shape index (κ2) is 9.21. The summed E-state index contributed by atoms with van der Waals surface area (Å²) in [5.41, 5.74) is 6.44. The topological polar surface area (TPSA) is 0 Å². The van der Waals surface area contributed by atoms with Gasteiger partial charge in [0.1, 0.15) is 0 Å². The first-order chi connectivity index (χ1) is 9.71. The lowest BCUT2D eigenvalue weighted by Crippen LogP contribution is -2.08. The van der Waals surface area contributed by atoms with Crippen LogP contribution in [0.3, 0.4) is 0 Å². The minimum atomic E-state index is 0.633. The zero-order chi connectivity index (χ0) is 15.0. The van der Waals surface area contributed by atoms with Crippen molar-refractivity contribution in [3.63, 3.8) is 0 Å². The molecule has 1 radical (unpaired) electrons. The fourth-order valence-corrected chi connectivity index (χ4v) is 3.32. The van der Waals surface area contributed by atoms with E-state index in [9.17, 15) is 0 Å². The van der Waals surface area contributed by atoms with Crippen molar-refractivity contribution < 1.29 is 0 Å². The summed E-state index contributed by atoms with van der Waals surface area (Å²) in [4.78, 5) is 0. The summed E-state index contributed by atoms with van der Waals surface area (Å²) >= 11 is 0. The Labute approximate surface area is 127 Å². The molecule has 20 heavy (non-hydrogen) atoms. The van der Waals surface area contributed by atoms with Gasteiger partial charge in [-0.05, 0) is 60.3 Å². The first-order valence-electron chi connectivity index (χ1n) is 8.65. The molecule has 0 amide bonds. The maximum atomic E-state index is 2.49. The maximum Gasteiger partial charge on any atom is -0.0131 e. The van der Waals surface area contributed by atoms with E-state index in [4.69, 9.17) is 0 Å². The fourth-order valence-electron chi connectivity index (χ4n) is 3.32. The van der Waals surface area contributed by atoms with Gasteiger partial charge in [0.15, 0.2) is 0 Å². The van der Waals surface area contributed by atoms with Crippen LogP contribution in [0.5, 0.6) is 0 Å². The smallest absolute Gasteiger partial charge is 0.0131 e. The van der Waals surface area contributed by atoms with Crippen molar-refractivity contribution in [2.24, 2.45) is 0 Å². The molecule has 0 bridgehead atoms. The Morgan fingerprint density at radius 2 is 1.35 bits per heavy atom. The van der Waals surface area contributed by atoms with E-state index < -0.39 is 0 Å². The van der Waals surface area contributed by atoms with Gasteiger partial charge in [-0.2, -0.15) is 0 Å². The molecule has 1 aromatic rings. The van der Waals surface area contributed by atoms with Crippen LogP contribution in [0.4, 0.5) is 0 Å². The molecule has 0 aliphatic heterocycles. The highest BCUT2D eigenvalue weighted by Crippen LogP contribution is 2.32. The summed E-state index contributed by atoms with van der Waals surface area (Å²) < 4.78 is 0. The third-order valence-electron chi connectivity index (χ3n) is 4.20. The molecular formula is C20H33. The van der Waals surface area contributed by atoms with E-state index in [-0.39, 0.29) is 0 Å². The molecule has 0 saturated carbocycles. The van der Waals surface area contributed by atoms with Gasteiger partial charge in [-0.1, -0.05) is 66.0 Å². The monoisotopic (exact) mass is 273 g/mol. The van der Waals surface area contributed by atoms with Crippen molar-refractivity contribution in [1.29, 1.82) is 0 Å². The SMILES string of the molecule is C[CH]C(CC)c1c(CCC)cc(CCC)cc1CCC. The molecule has 0 heteroatoms. The van der Waals surface area contributed by atoms with E-state index >= 15 is 0 Å². The van der Waals surface area contributed by atoms with Crippen LogP contribution in [0.15, 0.2) is 12.1 Å². The normalized spacial score (nSPS) is 11.3. The Kier molecular flexibility index (Phi) is 7.95. The van der Waals surface area contributed by atoms with E-state index in [0.717, 1.165) is 0 Å². The highest BCUT2D eigenvalue weighted by atomic mass is 14.2. The number of hydrogen-bond acceptors (Lipinski definition) is 0. The minimum absolute atomic E-state index is 0.633. The molecule has 0 nitrogen and oxygen atoms in total. The predicted molar refractivity (Wildman–Crippen MR) is 91.4 cm³/mol. The van der Waals surface area contributed by atoms with Gasteiger partial charge in [0.25, 0.3) is 0 Å². The van der Waals surface area contributed by atoms with E-state index in [2.05, 4.69) is 53.2 Å². The molecule has 1 rings (SSSR count). The molecule has 113 valence electrons. The maximum absolute atomic E-state index is 2.49. The van der Waals surface area contributed by atoms with E-state index in [1.54, 1.807) is 22.3 Å². The number of aryl methyl sites for hydroxylation is 3. The van der Waals surface area contributed by atoms with Crippen LogP contribution >= 0.6 is 0 Å². The molecule has 1 unspecified atom stereocenters. The summed E-state index contributed by atoms with van der Waals surface area (Å²) in [6.45, 7) is 11.4. The Bertz CT molecular complexity index is 358. The summed E-state index contributed by atoms with van der Waals surface area (Å²) in [5.74, 6) is 0.633. The van der Waals surface area contributed by atoms with E-state index in [0.29, 0.717) is 5.92 Å². The fraction of sp³-hybridized carbons (Fsp3) is 0.650. The van der Waals surface area contributed by atoms with E-state index in [1.807, 2.05) is 0 Å². The van der Waals surface area contributed by atoms with Gasteiger partial charge in [0, 0.05) is 0 Å². The van der Waals surface area contributed by atoms with Crippen molar-refractivity contribution in [3.05, 3.63) is 40.8 Å². The van der Waals surface area contributed by atoms with Crippen LogP contribution in [-0.4, -0.2) is 0 Å². The van der Waals surface area contributed by atoms with E-state index in [1.165, 1.54) is 44.9 Å². The van der Waals surface area contributed by atoms with Gasteiger partial charge in [0.05, 0.1) is 0 Å². The highest BCUT2D eigenvalue weighted by Gasteiger charge is 2.17. The standard InChI is InChI=1S/C20H33/c1-6-11-16-14-18(12-7-2)20(17(9-4)10-5)19(15-16)13-8-3/h9,14-15,17H,6-8,10-13H2,1-5H3. The molecule has 0 aliphatic rings. The van der Waals surface area contributed by atoms with Crippen molar-refractivity contribution in [3.8, 4) is 0 Å². The Morgan fingerprint density at radius 1 is 0.850 bits per heavy atom. The van der Waals surface area contributed by atoms with Crippen LogP contribution < -0.4 is 0 Å². The Morgan fingerprint density at radius 3 is 1.70 bits per heavy atom.